The Bertz CT molecular complexity index is 1070. The van der Waals surface area contributed by atoms with Crippen LogP contribution in [0, 0.1) is 0 Å². The molecule has 0 aromatic heterocycles. The van der Waals surface area contributed by atoms with Gasteiger partial charge in [-0.2, -0.15) is 0 Å². The van der Waals surface area contributed by atoms with Gasteiger partial charge in [-0.25, -0.2) is 0 Å². The summed E-state index contributed by atoms with van der Waals surface area (Å²) in [4.78, 5) is 36.3. The van der Waals surface area contributed by atoms with Crippen LogP contribution < -0.4 is 0 Å². The topological polar surface area (TPSA) is 110 Å². The standard InChI is InChI=1S/C54H98O7/c1-4-7-10-13-22-31-40-49(55)41-32-23-16-20-29-38-47-53(58)61-51(43-34-25-15-12-9-6-3)45-36-27-18-21-30-39-48-54(59)60-50(42-33-24-14-11-8-5-2)44-35-26-17-19-28-37-46-52(56)57/h22,24-25,31,33-34,49-51,55H,4-21,23,26-30,32,35-48H2,1-3H3,(H,56,57)/b31-22-,33-24-,34-25-. The number of aliphatic hydroxyl groups is 1. The molecule has 0 rings (SSSR count). The van der Waals surface area contributed by atoms with Gasteiger partial charge in [0.15, 0.2) is 0 Å². The molecule has 0 aliphatic carbocycles. The maximum atomic E-state index is 12.8. The number of carboxylic acids is 1. The van der Waals surface area contributed by atoms with Crippen LogP contribution in [-0.2, 0) is 23.9 Å². The van der Waals surface area contributed by atoms with Gasteiger partial charge < -0.3 is 19.7 Å². The van der Waals surface area contributed by atoms with Gasteiger partial charge in [0.25, 0.3) is 0 Å². The summed E-state index contributed by atoms with van der Waals surface area (Å²) in [6, 6.07) is 0. The second-order valence-corrected chi connectivity index (χ2v) is 17.9. The molecule has 356 valence electrons. The number of aliphatic hydroxyl groups excluding tert-OH is 1. The molecule has 0 heterocycles. The molecular weight excluding hydrogens is 761 g/mol. The molecule has 0 bridgehead atoms. The second kappa shape index (κ2) is 47.1. The molecule has 0 saturated carbocycles. The van der Waals surface area contributed by atoms with Crippen molar-refractivity contribution in [1.82, 2.24) is 0 Å². The lowest BCUT2D eigenvalue weighted by Crippen LogP contribution is -2.17. The first-order chi connectivity index (χ1) is 29.8. The highest BCUT2D eigenvalue weighted by Crippen LogP contribution is 2.19. The Hall–Kier alpha value is -2.41. The summed E-state index contributed by atoms with van der Waals surface area (Å²) < 4.78 is 12.0. The number of carbonyl (C=O) groups excluding carboxylic acids is 2. The fourth-order valence-electron chi connectivity index (χ4n) is 7.76. The number of hydrogen-bond acceptors (Lipinski definition) is 6. The van der Waals surface area contributed by atoms with Crippen LogP contribution in [0.5, 0.6) is 0 Å². The zero-order valence-electron chi connectivity index (χ0n) is 40.2. The molecule has 0 spiro atoms. The number of carbonyl (C=O) groups is 3. The van der Waals surface area contributed by atoms with E-state index in [4.69, 9.17) is 14.6 Å². The smallest absolute Gasteiger partial charge is 0.306 e. The van der Waals surface area contributed by atoms with Gasteiger partial charge in [-0.05, 0) is 96.3 Å². The third-order valence-corrected chi connectivity index (χ3v) is 11.7. The number of aliphatic carboxylic acids is 1. The molecule has 2 N–H and O–H groups in total. The fraction of sp³-hybridized carbons (Fsp3) is 0.833. The van der Waals surface area contributed by atoms with Crippen molar-refractivity contribution in [3.63, 3.8) is 0 Å². The number of ether oxygens (including phenoxy) is 2. The number of rotatable bonds is 47. The number of hydrogen-bond donors (Lipinski definition) is 2. The molecule has 0 saturated heterocycles. The van der Waals surface area contributed by atoms with Gasteiger partial charge in [0.1, 0.15) is 12.2 Å². The number of esters is 2. The minimum atomic E-state index is -0.714. The number of unbranched alkanes of at least 4 members (excludes halogenated alkanes) is 24. The van der Waals surface area contributed by atoms with Crippen LogP contribution in [0.3, 0.4) is 0 Å². The van der Waals surface area contributed by atoms with E-state index in [1.165, 1.54) is 57.8 Å². The van der Waals surface area contributed by atoms with Crippen molar-refractivity contribution in [2.45, 2.75) is 289 Å². The van der Waals surface area contributed by atoms with E-state index in [9.17, 15) is 19.5 Å². The van der Waals surface area contributed by atoms with E-state index >= 15 is 0 Å². The zero-order valence-corrected chi connectivity index (χ0v) is 40.2. The van der Waals surface area contributed by atoms with Crippen LogP contribution in [0.2, 0.25) is 0 Å². The van der Waals surface area contributed by atoms with E-state index in [2.05, 4.69) is 57.2 Å². The molecule has 0 fully saturated rings. The second-order valence-electron chi connectivity index (χ2n) is 17.9. The Balaban J connectivity index is 4.42. The van der Waals surface area contributed by atoms with E-state index < -0.39 is 5.97 Å². The van der Waals surface area contributed by atoms with Crippen LogP contribution in [0.25, 0.3) is 0 Å². The van der Waals surface area contributed by atoms with Gasteiger partial charge in [0.05, 0.1) is 6.10 Å². The summed E-state index contributed by atoms with van der Waals surface area (Å²) in [6.07, 6.45) is 52.3. The lowest BCUT2D eigenvalue weighted by Gasteiger charge is -2.17. The van der Waals surface area contributed by atoms with Gasteiger partial charge in [-0.1, -0.05) is 179 Å². The SMILES string of the molecule is CCCCC/C=C\CC(O)CCCCCCCCC(=O)OC(C/C=C\CCCCC)CCCCCCCCC(=O)OC(C/C=C\CCCCC)CCCCCCCCC(=O)O. The molecule has 3 atom stereocenters. The summed E-state index contributed by atoms with van der Waals surface area (Å²) in [7, 11) is 0. The summed E-state index contributed by atoms with van der Waals surface area (Å²) in [5.41, 5.74) is 0. The van der Waals surface area contributed by atoms with Gasteiger partial charge in [-0.15, -0.1) is 0 Å². The summed E-state index contributed by atoms with van der Waals surface area (Å²) in [6.45, 7) is 6.66. The minimum Gasteiger partial charge on any atom is -0.481 e. The van der Waals surface area contributed by atoms with Gasteiger partial charge in [0.2, 0.25) is 0 Å². The summed E-state index contributed by atoms with van der Waals surface area (Å²) in [5, 5.41) is 19.1. The summed E-state index contributed by atoms with van der Waals surface area (Å²) >= 11 is 0. The Morgan fingerprint density at radius 2 is 0.721 bits per heavy atom. The number of allylic oxidation sites excluding steroid dienone is 3. The third kappa shape index (κ3) is 45.4. The van der Waals surface area contributed by atoms with Crippen LogP contribution in [-0.4, -0.2) is 46.4 Å². The molecule has 61 heavy (non-hydrogen) atoms. The molecule has 0 aromatic carbocycles. The molecule has 0 radical (unpaired) electrons. The fourth-order valence-corrected chi connectivity index (χ4v) is 7.76. The van der Waals surface area contributed by atoms with Crippen molar-refractivity contribution in [3.05, 3.63) is 36.5 Å². The molecular formula is C54H98O7. The molecule has 0 aromatic rings. The Labute approximate surface area is 376 Å². The highest BCUT2D eigenvalue weighted by molar-refractivity contribution is 5.69. The van der Waals surface area contributed by atoms with Gasteiger partial charge in [0, 0.05) is 32.1 Å². The van der Waals surface area contributed by atoms with Crippen molar-refractivity contribution in [2.24, 2.45) is 0 Å². The first kappa shape index (κ1) is 58.6. The minimum absolute atomic E-state index is 0.0507. The van der Waals surface area contributed by atoms with Crippen LogP contribution in [0.1, 0.15) is 271 Å². The highest BCUT2D eigenvalue weighted by Gasteiger charge is 2.15. The predicted molar refractivity (Wildman–Crippen MR) is 258 cm³/mol. The van der Waals surface area contributed by atoms with E-state index in [1.807, 2.05) is 0 Å². The maximum absolute atomic E-state index is 12.8. The monoisotopic (exact) mass is 859 g/mol. The molecule has 7 heteroatoms. The quantitative estimate of drug-likeness (QED) is 0.0356. The first-order valence-electron chi connectivity index (χ1n) is 26.1. The highest BCUT2D eigenvalue weighted by atomic mass is 16.5. The van der Waals surface area contributed by atoms with E-state index in [0.717, 1.165) is 173 Å². The van der Waals surface area contributed by atoms with Gasteiger partial charge >= 0.3 is 17.9 Å². The van der Waals surface area contributed by atoms with Crippen molar-refractivity contribution >= 4 is 17.9 Å². The molecule has 0 amide bonds. The lowest BCUT2D eigenvalue weighted by atomic mass is 10.0. The Morgan fingerprint density at radius 3 is 1.10 bits per heavy atom. The van der Waals surface area contributed by atoms with E-state index in [1.54, 1.807) is 0 Å². The normalized spacial score (nSPS) is 13.4. The largest absolute Gasteiger partial charge is 0.481 e. The molecule has 3 unspecified atom stereocenters. The third-order valence-electron chi connectivity index (χ3n) is 11.7. The van der Waals surface area contributed by atoms with Crippen LogP contribution >= 0.6 is 0 Å². The Morgan fingerprint density at radius 1 is 0.393 bits per heavy atom. The van der Waals surface area contributed by atoms with Gasteiger partial charge in [-0.3, -0.25) is 14.4 Å². The zero-order chi connectivity index (χ0) is 44.7. The van der Waals surface area contributed by atoms with E-state index in [-0.39, 0.29) is 36.7 Å². The first-order valence-corrected chi connectivity index (χ1v) is 26.1. The average molecular weight is 859 g/mol. The summed E-state index contributed by atoms with van der Waals surface area (Å²) in [5.74, 6) is -0.847. The predicted octanol–water partition coefficient (Wildman–Crippen LogP) is 16.2. The average Bonchev–Trinajstić information content (AvgIpc) is 3.24. The lowest BCUT2D eigenvalue weighted by molar-refractivity contribution is -0.150. The maximum Gasteiger partial charge on any atom is 0.306 e. The molecule has 0 aliphatic heterocycles. The van der Waals surface area contributed by atoms with Crippen LogP contribution in [0.15, 0.2) is 36.5 Å². The molecule has 7 nitrogen and oxygen atoms in total. The van der Waals surface area contributed by atoms with Crippen molar-refractivity contribution in [3.8, 4) is 0 Å². The van der Waals surface area contributed by atoms with Crippen molar-refractivity contribution < 1.29 is 34.1 Å². The number of carboxylic acid groups (broad SMARTS) is 1. The van der Waals surface area contributed by atoms with E-state index in [0.29, 0.717) is 12.8 Å². The van der Waals surface area contributed by atoms with Crippen molar-refractivity contribution in [2.75, 3.05) is 0 Å². The Kier molecular flexibility index (Phi) is 45.2. The molecule has 0 aliphatic rings. The van der Waals surface area contributed by atoms with Crippen LogP contribution in [0.4, 0.5) is 0 Å². The van der Waals surface area contributed by atoms with Crippen molar-refractivity contribution in [1.29, 1.82) is 0 Å².